The molecule has 5 nitrogen and oxygen atoms in total. The molecular weight excluding hydrogens is 218 g/mol. The maximum Gasteiger partial charge on any atom is 0.326 e. The van der Waals surface area contributed by atoms with E-state index >= 15 is 0 Å². The number of hydrogen-bond acceptors (Lipinski definition) is 3. The van der Waals surface area contributed by atoms with Gasteiger partial charge in [0.15, 0.2) is 0 Å². The Morgan fingerprint density at radius 3 is 2.94 bits per heavy atom. The summed E-state index contributed by atoms with van der Waals surface area (Å²) in [7, 11) is 0. The summed E-state index contributed by atoms with van der Waals surface area (Å²) in [6.07, 6.45) is 2.69. The Morgan fingerprint density at radius 2 is 2.24 bits per heavy atom. The molecule has 0 amide bonds. The molecule has 0 aliphatic heterocycles. The zero-order valence-corrected chi connectivity index (χ0v) is 9.39. The van der Waals surface area contributed by atoms with Crippen LogP contribution in [0.5, 0.6) is 5.75 Å². The summed E-state index contributed by atoms with van der Waals surface area (Å²) in [5.41, 5.74) is 7.28. The van der Waals surface area contributed by atoms with E-state index in [1.165, 1.54) is 0 Å². The van der Waals surface area contributed by atoms with E-state index in [1.54, 1.807) is 22.8 Å². The normalized spacial score (nSPS) is 24.5. The topological polar surface area (TPSA) is 84.0 Å². The quantitative estimate of drug-likeness (QED) is 0.689. The van der Waals surface area contributed by atoms with Crippen LogP contribution in [0.25, 0.3) is 11.0 Å². The third-order valence-electron chi connectivity index (χ3n) is 3.51. The van der Waals surface area contributed by atoms with Gasteiger partial charge in [0, 0.05) is 18.2 Å². The SMILES string of the molecule is NC1CCC(n2c(=O)[nH]c3ccc(O)cc32)C1. The Labute approximate surface area is 97.9 Å². The van der Waals surface area contributed by atoms with E-state index < -0.39 is 0 Å². The fourth-order valence-corrected chi connectivity index (χ4v) is 2.70. The Balaban J connectivity index is 2.17. The molecule has 0 bridgehead atoms. The minimum atomic E-state index is -0.121. The summed E-state index contributed by atoms with van der Waals surface area (Å²) < 4.78 is 1.72. The molecule has 1 aromatic carbocycles. The molecule has 1 saturated carbocycles. The predicted molar refractivity (Wildman–Crippen MR) is 65.1 cm³/mol. The minimum absolute atomic E-state index is 0.121. The maximum absolute atomic E-state index is 11.9. The van der Waals surface area contributed by atoms with Crippen LogP contribution in [-0.2, 0) is 0 Å². The third kappa shape index (κ3) is 1.63. The second-order valence-electron chi connectivity index (χ2n) is 4.73. The van der Waals surface area contributed by atoms with Crippen molar-refractivity contribution in [2.75, 3.05) is 0 Å². The van der Waals surface area contributed by atoms with Crippen molar-refractivity contribution in [3.05, 3.63) is 28.7 Å². The molecule has 90 valence electrons. The van der Waals surface area contributed by atoms with Gasteiger partial charge in [-0.05, 0) is 31.4 Å². The van der Waals surface area contributed by atoms with Gasteiger partial charge in [-0.25, -0.2) is 4.79 Å². The highest BCUT2D eigenvalue weighted by Crippen LogP contribution is 2.30. The van der Waals surface area contributed by atoms with E-state index in [0.717, 1.165) is 30.3 Å². The van der Waals surface area contributed by atoms with Gasteiger partial charge in [-0.1, -0.05) is 0 Å². The Bertz CT molecular complexity index is 614. The van der Waals surface area contributed by atoms with Crippen LogP contribution in [0.2, 0.25) is 0 Å². The van der Waals surface area contributed by atoms with Gasteiger partial charge in [0.1, 0.15) is 5.75 Å². The number of rotatable bonds is 1. The fourth-order valence-electron chi connectivity index (χ4n) is 2.70. The van der Waals surface area contributed by atoms with Crippen LogP contribution in [0.3, 0.4) is 0 Å². The summed E-state index contributed by atoms with van der Waals surface area (Å²) >= 11 is 0. The van der Waals surface area contributed by atoms with Crippen molar-refractivity contribution in [2.24, 2.45) is 5.73 Å². The standard InChI is InChI=1S/C12H15N3O2/c13-7-1-2-8(5-7)15-11-6-9(16)3-4-10(11)14-12(15)17/h3-4,6-8,16H,1-2,5,13H2,(H,14,17). The Kier molecular flexibility index (Phi) is 2.22. The number of aromatic nitrogens is 2. The van der Waals surface area contributed by atoms with Crippen LogP contribution in [0, 0.1) is 0 Å². The van der Waals surface area contributed by atoms with Crippen molar-refractivity contribution in [3.63, 3.8) is 0 Å². The smallest absolute Gasteiger partial charge is 0.326 e. The lowest BCUT2D eigenvalue weighted by Gasteiger charge is -2.11. The van der Waals surface area contributed by atoms with Crippen LogP contribution in [-0.4, -0.2) is 20.7 Å². The molecular formula is C12H15N3O2. The van der Waals surface area contributed by atoms with Gasteiger partial charge in [-0.15, -0.1) is 0 Å². The fraction of sp³-hybridized carbons (Fsp3) is 0.417. The van der Waals surface area contributed by atoms with Crippen molar-refractivity contribution in [2.45, 2.75) is 31.3 Å². The molecule has 17 heavy (non-hydrogen) atoms. The Hall–Kier alpha value is -1.75. The monoisotopic (exact) mass is 233 g/mol. The number of phenolic OH excluding ortho intramolecular Hbond substituents is 1. The van der Waals surface area contributed by atoms with Gasteiger partial charge in [-0.2, -0.15) is 0 Å². The number of aromatic hydroxyl groups is 1. The van der Waals surface area contributed by atoms with Gasteiger partial charge in [-0.3, -0.25) is 4.57 Å². The molecule has 2 atom stereocenters. The van der Waals surface area contributed by atoms with Crippen molar-refractivity contribution in [1.82, 2.24) is 9.55 Å². The van der Waals surface area contributed by atoms with Gasteiger partial charge >= 0.3 is 5.69 Å². The largest absolute Gasteiger partial charge is 0.508 e. The molecule has 2 aromatic rings. The van der Waals surface area contributed by atoms with Crippen molar-refractivity contribution in [1.29, 1.82) is 0 Å². The molecule has 2 unspecified atom stereocenters. The van der Waals surface area contributed by atoms with Crippen LogP contribution >= 0.6 is 0 Å². The molecule has 1 heterocycles. The molecule has 0 saturated heterocycles. The summed E-state index contributed by atoms with van der Waals surface area (Å²) in [5, 5.41) is 9.50. The number of imidazole rings is 1. The lowest BCUT2D eigenvalue weighted by Crippen LogP contribution is -2.22. The lowest BCUT2D eigenvalue weighted by molar-refractivity contribution is 0.474. The molecule has 1 aliphatic carbocycles. The number of hydrogen-bond donors (Lipinski definition) is 3. The van der Waals surface area contributed by atoms with E-state index in [9.17, 15) is 9.90 Å². The number of benzene rings is 1. The molecule has 5 heteroatoms. The second-order valence-corrected chi connectivity index (χ2v) is 4.73. The summed E-state index contributed by atoms with van der Waals surface area (Å²) in [6.45, 7) is 0. The van der Waals surface area contributed by atoms with E-state index in [-0.39, 0.29) is 23.5 Å². The number of nitrogens with two attached hydrogens (primary N) is 1. The lowest BCUT2D eigenvalue weighted by atomic mass is 10.2. The van der Waals surface area contributed by atoms with Crippen molar-refractivity contribution in [3.8, 4) is 5.75 Å². The number of nitrogens with zero attached hydrogens (tertiary/aromatic N) is 1. The molecule has 4 N–H and O–H groups in total. The molecule has 1 fully saturated rings. The highest BCUT2D eigenvalue weighted by molar-refractivity contribution is 5.77. The molecule has 0 spiro atoms. The molecule has 1 aliphatic rings. The first-order valence-corrected chi connectivity index (χ1v) is 5.84. The summed E-state index contributed by atoms with van der Waals surface area (Å²) in [6, 6.07) is 5.24. The number of fused-ring (bicyclic) bond motifs is 1. The predicted octanol–water partition coefficient (Wildman–Crippen LogP) is 1.09. The molecule has 1 aromatic heterocycles. The van der Waals surface area contributed by atoms with E-state index in [0.29, 0.717) is 0 Å². The number of aromatic amines is 1. The molecule has 3 rings (SSSR count). The number of H-pyrrole nitrogens is 1. The van der Waals surface area contributed by atoms with Crippen molar-refractivity contribution >= 4 is 11.0 Å². The number of nitrogens with one attached hydrogen (secondary N) is 1. The highest BCUT2D eigenvalue weighted by Gasteiger charge is 2.25. The van der Waals surface area contributed by atoms with Crippen molar-refractivity contribution < 1.29 is 5.11 Å². The Morgan fingerprint density at radius 1 is 1.41 bits per heavy atom. The first-order chi connectivity index (χ1) is 8.15. The van der Waals surface area contributed by atoms with Gasteiger partial charge in [0.25, 0.3) is 0 Å². The van der Waals surface area contributed by atoms with Crippen LogP contribution < -0.4 is 11.4 Å². The zero-order valence-electron chi connectivity index (χ0n) is 9.39. The first kappa shape index (κ1) is 10.4. The van der Waals surface area contributed by atoms with Gasteiger partial charge < -0.3 is 15.8 Å². The van der Waals surface area contributed by atoms with Crippen LogP contribution in [0.1, 0.15) is 25.3 Å². The maximum atomic E-state index is 11.9. The second kappa shape index (κ2) is 3.63. The van der Waals surface area contributed by atoms with E-state index in [2.05, 4.69) is 4.98 Å². The third-order valence-corrected chi connectivity index (χ3v) is 3.51. The summed E-state index contributed by atoms with van der Waals surface area (Å²) in [4.78, 5) is 14.7. The zero-order chi connectivity index (χ0) is 12.0. The highest BCUT2D eigenvalue weighted by atomic mass is 16.3. The number of phenols is 1. The summed E-state index contributed by atoms with van der Waals surface area (Å²) in [5.74, 6) is 0.174. The van der Waals surface area contributed by atoms with Crippen LogP contribution in [0.4, 0.5) is 0 Å². The van der Waals surface area contributed by atoms with Gasteiger partial charge in [0.05, 0.1) is 11.0 Å². The average molecular weight is 233 g/mol. The van der Waals surface area contributed by atoms with E-state index in [4.69, 9.17) is 5.73 Å². The van der Waals surface area contributed by atoms with Gasteiger partial charge in [0.2, 0.25) is 0 Å². The molecule has 0 radical (unpaired) electrons. The minimum Gasteiger partial charge on any atom is -0.508 e. The van der Waals surface area contributed by atoms with E-state index in [1.807, 2.05) is 0 Å². The first-order valence-electron chi connectivity index (χ1n) is 5.84. The average Bonchev–Trinajstić information content (AvgIpc) is 2.81. The van der Waals surface area contributed by atoms with Crippen LogP contribution in [0.15, 0.2) is 23.0 Å².